The minimum atomic E-state index is 0.568. The van der Waals surface area contributed by atoms with E-state index in [2.05, 4.69) is 34.0 Å². The van der Waals surface area contributed by atoms with Gasteiger partial charge in [-0.25, -0.2) is 9.97 Å². The highest BCUT2D eigenvalue weighted by atomic mass is 16.5. The van der Waals surface area contributed by atoms with Gasteiger partial charge in [-0.1, -0.05) is 13.3 Å². The highest BCUT2D eigenvalue weighted by molar-refractivity contribution is 5.40. The second-order valence-electron chi connectivity index (χ2n) is 5.25. The fourth-order valence-electron chi connectivity index (χ4n) is 2.52. The van der Waals surface area contributed by atoms with Crippen LogP contribution in [0, 0.1) is 0 Å². The Hall–Kier alpha value is -1.36. The van der Waals surface area contributed by atoms with Crippen LogP contribution in [0.1, 0.15) is 39.5 Å². The quantitative estimate of drug-likeness (QED) is 0.829. The van der Waals surface area contributed by atoms with Crippen molar-refractivity contribution in [2.24, 2.45) is 0 Å². The van der Waals surface area contributed by atoms with Gasteiger partial charge in [0.25, 0.3) is 0 Å². The highest BCUT2D eigenvalue weighted by Crippen LogP contribution is 2.17. The molecule has 2 heterocycles. The monoisotopic (exact) mass is 278 g/mol. The number of rotatable bonds is 7. The fourth-order valence-corrected chi connectivity index (χ4v) is 2.52. The molecule has 2 rings (SSSR count). The first-order chi connectivity index (χ1) is 9.83. The molecule has 0 radical (unpaired) electrons. The summed E-state index contributed by atoms with van der Waals surface area (Å²) in [6.07, 6.45) is 6.45. The van der Waals surface area contributed by atoms with Crippen LogP contribution < -0.4 is 15.0 Å². The van der Waals surface area contributed by atoms with Gasteiger partial charge in [0.1, 0.15) is 12.1 Å². The van der Waals surface area contributed by atoms with Gasteiger partial charge < -0.3 is 15.0 Å². The number of anilines is 1. The molecule has 20 heavy (non-hydrogen) atoms. The van der Waals surface area contributed by atoms with Crippen molar-refractivity contribution in [3.8, 4) is 5.88 Å². The maximum Gasteiger partial charge on any atom is 0.218 e. The lowest BCUT2D eigenvalue weighted by Crippen LogP contribution is -2.44. The summed E-state index contributed by atoms with van der Waals surface area (Å²) in [6.45, 7) is 8.04. The fraction of sp³-hybridized carbons (Fsp3) is 0.733. The molecule has 0 amide bonds. The first-order valence-electron chi connectivity index (χ1n) is 7.76. The second kappa shape index (κ2) is 8.04. The molecule has 1 saturated heterocycles. The normalized spacial score (nSPS) is 18.8. The Morgan fingerprint density at radius 2 is 2.25 bits per heavy atom. The van der Waals surface area contributed by atoms with Crippen LogP contribution >= 0.6 is 0 Å². The number of nitrogens with one attached hydrogen (secondary N) is 1. The number of aromatic nitrogens is 2. The molecule has 112 valence electrons. The third kappa shape index (κ3) is 4.34. The van der Waals surface area contributed by atoms with E-state index in [9.17, 15) is 0 Å². The zero-order valence-electron chi connectivity index (χ0n) is 12.6. The molecule has 1 aromatic rings. The van der Waals surface area contributed by atoms with Gasteiger partial charge in [0, 0.05) is 25.2 Å². The lowest BCUT2D eigenvalue weighted by atomic mass is 10.0. The summed E-state index contributed by atoms with van der Waals surface area (Å²) in [7, 11) is 0. The van der Waals surface area contributed by atoms with Crippen LogP contribution in [0.2, 0.25) is 0 Å². The highest BCUT2D eigenvalue weighted by Gasteiger charge is 2.17. The second-order valence-corrected chi connectivity index (χ2v) is 5.25. The van der Waals surface area contributed by atoms with E-state index in [-0.39, 0.29) is 0 Å². The molecule has 0 aliphatic carbocycles. The first-order valence-corrected chi connectivity index (χ1v) is 7.76. The number of likely N-dealkylation sites (N-methyl/N-ethyl adjacent to an activating group) is 1. The van der Waals surface area contributed by atoms with Gasteiger partial charge in [-0.05, 0) is 32.7 Å². The van der Waals surface area contributed by atoms with Crippen LogP contribution in [0.15, 0.2) is 12.4 Å². The molecule has 0 spiro atoms. The number of ether oxygens (including phenoxy) is 1. The van der Waals surface area contributed by atoms with E-state index < -0.39 is 0 Å². The summed E-state index contributed by atoms with van der Waals surface area (Å²) >= 11 is 0. The van der Waals surface area contributed by atoms with Gasteiger partial charge in [-0.3, -0.25) is 0 Å². The lowest BCUT2D eigenvalue weighted by molar-refractivity contribution is 0.304. The molecule has 1 aliphatic rings. The maximum absolute atomic E-state index is 5.59. The molecule has 0 saturated carbocycles. The summed E-state index contributed by atoms with van der Waals surface area (Å²) in [6, 6.07) is 2.51. The molecule has 1 N–H and O–H groups in total. The van der Waals surface area contributed by atoms with Gasteiger partial charge in [0.05, 0.1) is 6.61 Å². The van der Waals surface area contributed by atoms with Crippen molar-refractivity contribution < 1.29 is 4.74 Å². The molecule has 1 fully saturated rings. The van der Waals surface area contributed by atoms with Gasteiger partial charge >= 0.3 is 0 Å². The van der Waals surface area contributed by atoms with Crippen molar-refractivity contribution in [2.75, 3.05) is 31.1 Å². The Balaban J connectivity index is 1.98. The van der Waals surface area contributed by atoms with Crippen LogP contribution in [0.5, 0.6) is 5.88 Å². The van der Waals surface area contributed by atoms with Crippen molar-refractivity contribution in [3.05, 3.63) is 12.4 Å². The third-order valence-electron chi connectivity index (χ3n) is 3.64. The Morgan fingerprint density at radius 1 is 1.35 bits per heavy atom. The lowest BCUT2D eigenvalue weighted by Gasteiger charge is -2.30. The minimum absolute atomic E-state index is 0.568. The standard InChI is InChI=1S/C15H26N4O/c1-3-9-20-15-10-14(17-12-18-15)19(4-2)11-13-7-5-6-8-16-13/h10,12-13,16H,3-9,11H2,1-2H3. The zero-order chi connectivity index (χ0) is 14.2. The van der Waals surface area contributed by atoms with Gasteiger partial charge in [-0.2, -0.15) is 0 Å². The number of piperidine rings is 1. The first kappa shape index (κ1) is 15.0. The molecular formula is C15H26N4O. The van der Waals surface area contributed by atoms with Crippen LogP contribution in [0.3, 0.4) is 0 Å². The van der Waals surface area contributed by atoms with Crippen molar-refractivity contribution in [1.29, 1.82) is 0 Å². The van der Waals surface area contributed by atoms with Crippen LogP contribution in [-0.4, -0.2) is 42.3 Å². The minimum Gasteiger partial charge on any atom is -0.478 e. The third-order valence-corrected chi connectivity index (χ3v) is 3.64. The van der Waals surface area contributed by atoms with Crippen molar-refractivity contribution in [2.45, 2.75) is 45.6 Å². The van der Waals surface area contributed by atoms with E-state index in [1.807, 2.05) is 6.07 Å². The van der Waals surface area contributed by atoms with E-state index in [4.69, 9.17) is 4.74 Å². The molecule has 1 aliphatic heterocycles. The predicted molar refractivity (Wildman–Crippen MR) is 81.3 cm³/mol. The van der Waals surface area contributed by atoms with E-state index >= 15 is 0 Å². The largest absolute Gasteiger partial charge is 0.478 e. The Morgan fingerprint density at radius 3 is 2.95 bits per heavy atom. The van der Waals surface area contributed by atoms with Gasteiger partial charge in [0.2, 0.25) is 5.88 Å². The predicted octanol–water partition coefficient (Wildman–Crippen LogP) is 2.23. The summed E-state index contributed by atoms with van der Waals surface area (Å²) in [5.41, 5.74) is 0. The molecule has 5 nitrogen and oxygen atoms in total. The SMILES string of the molecule is CCCOc1cc(N(CC)CC2CCCCN2)ncn1. The Bertz CT molecular complexity index is 393. The molecule has 0 aromatic carbocycles. The van der Waals surface area contributed by atoms with E-state index in [0.29, 0.717) is 18.5 Å². The smallest absolute Gasteiger partial charge is 0.218 e. The van der Waals surface area contributed by atoms with Crippen LogP contribution in [0.4, 0.5) is 5.82 Å². The average molecular weight is 278 g/mol. The van der Waals surface area contributed by atoms with Crippen molar-refractivity contribution >= 4 is 5.82 Å². The molecular weight excluding hydrogens is 252 g/mol. The summed E-state index contributed by atoms with van der Waals surface area (Å²) in [5.74, 6) is 1.63. The summed E-state index contributed by atoms with van der Waals surface area (Å²) in [5, 5.41) is 3.59. The summed E-state index contributed by atoms with van der Waals surface area (Å²) in [4.78, 5) is 10.9. The summed E-state index contributed by atoms with van der Waals surface area (Å²) < 4.78 is 5.59. The zero-order valence-corrected chi connectivity index (χ0v) is 12.6. The average Bonchev–Trinajstić information content (AvgIpc) is 2.52. The maximum atomic E-state index is 5.59. The van der Waals surface area contributed by atoms with E-state index in [1.54, 1.807) is 6.33 Å². The number of hydrogen-bond acceptors (Lipinski definition) is 5. The van der Waals surface area contributed by atoms with Crippen molar-refractivity contribution in [3.63, 3.8) is 0 Å². The van der Waals surface area contributed by atoms with E-state index in [1.165, 1.54) is 19.3 Å². The molecule has 5 heteroatoms. The Labute approximate surface area is 121 Å². The Kier molecular flexibility index (Phi) is 6.05. The molecule has 0 bridgehead atoms. The van der Waals surface area contributed by atoms with Gasteiger partial charge in [-0.15, -0.1) is 0 Å². The van der Waals surface area contributed by atoms with Crippen molar-refractivity contribution in [1.82, 2.24) is 15.3 Å². The molecule has 1 atom stereocenters. The number of nitrogens with zero attached hydrogens (tertiary/aromatic N) is 3. The molecule has 1 aromatic heterocycles. The number of hydrogen-bond donors (Lipinski definition) is 1. The topological polar surface area (TPSA) is 50.3 Å². The van der Waals surface area contributed by atoms with Crippen LogP contribution in [-0.2, 0) is 0 Å². The van der Waals surface area contributed by atoms with Gasteiger partial charge in [0.15, 0.2) is 0 Å². The van der Waals surface area contributed by atoms with Crippen LogP contribution in [0.25, 0.3) is 0 Å². The molecule has 1 unspecified atom stereocenters. The van der Waals surface area contributed by atoms with E-state index in [0.717, 1.165) is 31.9 Å².